The Kier molecular flexibility index (Phi) is 4.74. The van der Waals surface area contributed by atoms with Gasteiger partial charge in [-0.05, 0) is 18.1 Å². The van der Waals surface area contributed by atoms with Gasteiger partial charge in [-0.25, -0.2) is 9.97 Å². The molecule has 4 heteroatoms. The van der Waals surface area contributed by atoms with Crippen molar-refractivity contribution >= 4 is 23.1 Å². The maximum atomic E-state index is 6.00. The summed E-state index contributed by atoms with van der Waals surface area (Å²) in [5.74, 6) is 1.50. The Hall–Kier alpha value is -1.61. The topological polar surface area (TPSA) is 37.8 Å². The molecule has 3 nitrogen and oxygen atoms in total. The van der Waals surface area contributed by atoms with Gasteiger partial charge in [-0.2, -0.15) is 0 Å². The van der Waals surface area contributed by atoms with Crippen LogP contribution in [0, 0.1) is 0 Å². The lowest BCUT2D eigenvalue weighted by atomic mass is 10.1. The van der Waals surface area contributed by atoms with Crippen LogP contribution in [0.25, 0.3) is 0 Å². The first-order valence-corrected chi connectivity index (χ1v) is 6.99. The van der Waals surface area contributed by atoms with Gasteiger partial charge in [0.05, 0.1) is 0 Å². The largest absolute Gasteiger partial charge is 0.340 e. The van der Waals surface area contributed by atoms with Crippen LogP contribution in [0.15, 0.2) is 30.3 Å². The molecule has 0 unspecified atom stereocenters. The van der Waals surface area contributed by atoms with Crippen molar-refractivity contribution in [2.45, 2.75) is 33.1 Å². The number of nitrogens with one attached hydrogen (secondary N) is 1. The summed E-state index contributed by atoms with van der Waals surface area (Å²) in [4.78, 5) is 8.61. The van der Waals surface area contributed by atoms with Gasteiger partial charge in [0.15, 0.2) is 0 Å². The van der Waals surface area contributed by atoms with Crippen molar-refractivity contribution in [3.05, 3.63) is 46.9 Å². The van der Waals surface area contributed by atoms with E-state index in [2.05, 4.69) is 40.4 Å². The summed E-state index contributed by atoms with van der Waals surface area (Å²) in [5, 5.41) is 3.81. The Morgan fingerprint density at radius 3 is 2.68 bits per heavy atom. The predicted molar refractivity (Wildman–Crippen MR) is 80.1 cm³/mol. The zero-order chi connectivity index (χ0) is 13.7. The van der Waals surface area contributed by atoms with Crippen molar-refractivity contribution < 1.29 is 0 Å². The minimum absolute atomic E-state index is 0.474. The lowest BCUT2D eigenvalue weighted by Gasteiger charge is -2.11. The van der Waals surface area contributed by atoms with Crippen LogP contribution in [0.2, 0.25) is 5.15 Å². The second-order valence-electron chi connectivity index (χ2n) is 4.38. The molecule has 0 aliphatic carbocycles. The number of hydrogen-bond acceptors (Lipinski definition) is 3. The first-order valence-electron chi connectivity index (χ1n) is 6.61. The van der Waals surface area contributed by atoms with Gasteiger partial charge in [0.2, 0.25) is 0 Å². The van der Waals surface area contributed by atoms with Crippen LogP contribution in [-0.2, 0) is 12.8 Å². The maximum Gasteiger partial charge on any atom is 0.135 e. The molecule has 0 spiro atoms. The van der Waals surface area contributed by atoms with Crippen LogP contribution >= 0.6 is 11.6 Å². The Morgan fingerprint density at radius 1 is 1.16 bits per heavy atom. The van der Waals surface area contributed by atoms with E-state index in [9.17, 15) is 0 Å². The SMILES string of the molecule is CCCc1ccccc1Nc1cc(Cl)nc(CC)n1. The van der Waals surface area contributed by atoms with Crippen LogP contribution in [0.5, 0.6) is 0 Å². The van der Waals surface area contributed by atoms with E-state index in [0.717, 1.165) is 36.6 Å². The van der Waals surface area contributed by atoms with Crippen molar-refractivity contribution in [2.75, 3.05) is 5.32 Å². The summed E-state index contributed by atoms with van der Waals surface area (Å²) in [6.07, 6.45) is 2.93. The monoisotopic (exact) mass is 275 g/mol. The normalized spacial score (nSPS) is 10.5. The zero-order valence-corrected chi connectivity index (χ0v) is 12.0. The molecule has 2 aromatic rings. The van der Waals surface area contributed by atoms with Gasteiger partial charge in [0.1, 0.15) is 16.8 Å². The van der Waals surface area contributed by atoms with E-state index in [-0.39, 0.29) is 0 Å². The smallest absolute Gasteiger partial charge is 0.135 e. The third-order valence-corrected chi connectivity index (χ3v) is 3.05. The molecule has 100 valence electrons. The highest BCUT2D eigenvalue weighted by Gasteiger charge is 2.05. The number of benzene rings is 1. The minimum Gasteiger partial charge on any atom is -0.340 e. The molecule has 0 saturated heterocycles. The molecule has 1 aromatic heterocycles. The van der Waals surface area contributed by atoms with E-state index in [1.54, 1.807) is 6.07 Å². The van der Waals surface area contributed by atoms with E-state index < -0.39 is 0 Å². The molecule has 0 radical (unpaired) electrons. The molecule has 19 heavy (non-hydrogen) atoms. The predicted octanol–water partition coefficient (Wildman–Crippen LogP) is 4.39. The number of hydrogen-bond donors (Lipinski definition) is 1. The number of nitrogens with zero attached hydrogens (tertiary/aromatic N) is 2. The molecule has 0 atom stereocenters. The van der Waals surface area contributed by atoms with E-state index in [1.807, 2.05) is 13.0 Å². The molecule has 0 saturated carbocycles. The van der Waals surface area contributed by atoms with Crippen molar-refractivity contribution in [1.82, 2.24) is 9.97 Å². The minimum atomic E-state index is 0.474. The summed E-state index contributed by atoms with van der Waals surface area (Å²) in [7, 11) is 0. The third kappa shape index (κ3) is 3.67. The molecule has 1 aromatic carbocycles. The van der Waals surface area contributed by atoms with E-state index in [0.29, 0.717) is 5.15 Å². The van der Waals surface area contributed by atoms with Crippen LogP contribution in [0.1, 0.15) is 31.7 Å². The molecule has 0 amide bonds. The Balaban J connectivity index is 2.28. The number of aromatic nitrogens is 2. The average Bonchev–Trinajstić information content (AvgIpc) is 2.40. The van der Waals surface area contributed by atoms with Gasteiger partial charge in [0, 0.05) is 18.2 Å². The zero-order valence-electron chi connectivity index (χ0n) is 11.3. The Morgan fingerprint density at radius 2 is 1.95 bits per heavy atom. The number of aryl methyl sites for hydroxylation is 2. The van der Waals surface area contributed by atoms with Gasteiger partial charge in [-0.1, -0.05) is 50.1 Å². The van der Waals surface area contributed by atoms with Gasteiger partial charge < -0.3 is 5.32 Å². The van der Waals surface area contributed by atoms with Crippen molar-refractivity contribution in [2.24, 2.45) is 0 Å². The standard InChI is InChI=1S/C15H18ClN3/c1-3-7-11-8-5-6-9-12(11)17-15-10-13(16)18-14(4-2)19-15/h5-6,8-10H,3-4,7H2,1-2H3,(H,17,18,19). The summed E-state index contributed by atoms with van der Waals surface area (Å²) < 4.78 is 0. The lowest BCUT2D eigenvalue weighted by Crippen LogP contribution is -2.01. The van der Waals surface area contributed by atoms with Crippen LogP contribution in [0.3, 0.4) is 0 Å². The first-order chi connectivity index (χ1) is 9.22. The Bertz CT molecular complexity index is 555. The Labute approximate surface area is 119 Å². The van der Waals surface area contributed by atoms with E-state index in [4.69, 9.17) is 11.6 Å². The van der Waals surface area contributed by atoms with E-state index in [1.165, 1.54) is 5.56 Å². The molecule has 0 aliphatic heterocycles. The number of anilines is 2. The van der Waals surface area contributed by atoms with Gasteiger partial charge in [-0.15, -0.1) is 0 Å². The highest BCUT2D eigenvalue weighted by Crippen LogP contribution is 2.22. The second kappa shape index (κ2) is 6.53. The van der Waals surface area contributed by atoms with Crippen molar-refractivity contribution in [3.8, 4) is 0 Å². The number of para-hydroxylation sites is 1. The fourth-order valence-electron chi connectivity index (χ4n) is 1.95. The lowest BCUT2D eigenvalue weighted by molar-refractivity contribution is 0.920. The highest BCUT2D eigenvalue weighted by molar-refractivity contribution is 6.29. The molecule has 0 fully saturated rings. The van der Waals surface area contributed by atoms with Crippen molar-refractivity contribution in [1.29, 1.82) is 0 Å². The van der Waals surface area contributed by atoms with Crippen LogP contribution in [-0.4, -0.2) is 9.97 Å². The molecular formula is C15H18ClN3. The molecule has 1 heterocycles. The van der Waals surface area contributed by atoms with Crippen LogP contribution in [0.4, 0.5) is 11.5 Å². The summed E-state index contributed by atoms with van der Waals surface area (Å²) in [5.41, 5.74) is 2.37. The number of rotatable bonds is 5. The van der Waals surface area contributed by atoms with Crippen molar-refractivity contribution in [3.63, 3.8) is 0 Å². The van der Waals surface area contributed by atoms with Gasteiger partial charge in [0.25, 0.3) is 0 Å². The van der Waals surface area contributed by atoms with Crippen LogP contribution < -0.4 is 5.32 Å². The van der Waals surface area contributed by atoms with Gasteiger partial charge in [-0.3, -0.25) is 0 Å². The fourth-order valence-corrected chi connectivity index (χ4v) is 2.16. The summed E-state index contributed by atoms with van der Waals surface area (Å²) in [6, 6.07) is 10.0. The summed E-state index contributed by atoms with van der Waals surface area (Å²) >= 11 is 6.00. The first kappa shape index (κ1) is 13.8. The van der Waals surface area contributed by atoms with Gasteiger partial charge >= 0.3 is 0 Å². The fraction of sp³-hybridized carbons (Fsp3) is 0.333. The second-order valence-corrected chi connectivity index (χ2v) is 4.77. The molecule has 1 N–H and O–H groups in total. The molecular weight excluding hydrogens is 258 g/mol. The average molecular weight is 276 g/mol. The third-order valence-electron chi connectivity index (χ3n) is 2.86. The quantitative estimate of drug-likeness (QED) is 0.823. The molecule has 0 bridgehead atoms. The van der Waals surface area contributed by atoms with E-state index >= 15 is 0 Å². The summed E-state index contributed by atoms with van der Waals surface area (Å²) in [6.45, 7) is 4.19. The molecule has 0 aliphatic rings. The highest BCUT2D eigenvalue weighted by atomic mass is 35.5. The maximum absolute atomic E-state index is 6.00. The number of halogens is 1. The molecule has 2 rings (SSSR count).